The van der Waals surface area contributed by atoms with Crippen LogP contribution in [-0.2, 0) is 4.74 Å². The number of amidine groups is 1. The number of hydrogen-bond donors (Lipinski definition) is 3. The predicted molar refractivity (Wildman–Crippen MR) is 128 cm³/mol. The van der Waals surface area contributed by atoms with Gasteiger partial charge in [-0.1, -0.05) is 0 Å². The summed E-state index contributed by atoms with van der Waals surface area (Å²) in [5, 5.41) is 19.4. The standard InChI is InChI=1S/C24H26N6O3/c1-28-9-11-29(12-10-28)17-7-8-18-19(13-17)27-23(26-18)21-20(31)14-30(22(21)25)16-5-3-15(4-6-16)24(32)33-2/h3-8,13,25,31H,9-12,14H2,1-2H3,(H,26,27). The number of nitrogens with one attached hydrogen (secondary N) is 2. The van der Waals surface area contributed by atoms with Crippen molar-refractivity contribution in [3.63, 3.8) is 0 Å². The molecule has 0 unspecified atom stereocenters. The largest absolute Gasteiger partial charge is 0.509 e. The zero-order valence-corrected chi connectivity index (χ0v) is 18.6. The lowest BCUT2D eigenvalue weighted by Gasteiger charge is -2.34. The number of ether oxygens (including phenoxy) is 1. The molecule has 0 spiro atoms. The van der Waals surface area contributed by atoms with Gasteiger partial charge in [0.1, 0.15) is 17.4 Å². The highest BCUT2D eigenvalue weighted by Crippen LogP contribution is 2.32. The fourth-order valence-electron chi connectivity index (χ4n) is 4.32. The average molecular weight is 447 g/mol. The second-order valence-corrected chi connectivity index (χ2v) is 8.37. The maximum atomic E-state index is 11.7. The first-order valence-electron chi connectivity index (χ1n) is 10.8. The van der Waals surface area contributed by atoms with Crippen LogP contribution >= 0.6 is 0 Å². The number of methoxy groups -OCH3 is 1. The maximum Gasteiger partial charge on any atom is 0.337 e. The molecule has 0 saturated carbocycles. The molecule has 170 valence electrons. The molecule has 0 atom stereocenters. The van der Waals surface area contributed by atoms with Gasteiger partial charge in [-0.05, 0) is 49.5 Å². The van der Waals surface area contributed by atoms with Gasteiger partial charge >= 0.3 is 5.97 Å². The Balaban J connectivity index is 1.39. The lowest BCUT2D eigenvalue weighted by atomic mass is 10.2. The van der Waals surface area contributed by atoms with Gasteiger partial charge in [-0.3, -0.25) is 5.41 Å². The fraction of sp³-hybridized carbons (Fsp3) is 0.292. The average Bonchev–Trinajstić information content (AvgIpc) is 3.38. The van der Waals surface area contributed by atoms with Crippen molar-refractivity contribution in [2.45, 2.75) is 0 Å². The van der Waals surface area contributed by atoms with E-state index in [9.17, 15) is 9.90 Å². The molecule has 9 heteroatoms. The number of esters is 1. The monoisotopic (exact) mass is 446 g/mol. The van der Waals surface area contributed by atoms with Gasteiger partial charge in [-0.2, -0.15) is 0 Å². The molecule has 0 radical (unpaired) electrons. The van der Waals surface area contributed by atoms with Crippen LogP contribution in [0.1, 0.15) is 16.2 Å². The molecule has 2 aromatic carbocycles. The number of hydrogen-bond acceptors (Lipinski definition) is 7. The van der Waals surface area contributed by atoms with Gasteiger partial charge in [0.05, 0.1) is 35.8 Å². The van der Waals surface area contributed by atoms with Gasteiger partial charge < -0.3 is 29.5 Å². The van der Waals surface area contributed by atoms with Crippen molar-refractivity contribution >= 4 is 39.8 Å². The second-order valence-electron chi connectivity index (χ2n) is 8.37. The number of H-pyrrole nitrogens is 1. The number of carbonyl (C=O) groups is 1. The topological polar surface area (TPSA) is 109 Å². The summed E-state index contributed by atoms with van der Waals surface area (Å²) in [6.07, 6.45) is 0. The van der Waals surface area contributed by atoms with E-state index in [1.54, 1.807) is 29.2 Å². The minimum absolute atomic E-state index is 0.0791. The van der Waals surface area contributed by atoms with Crippen LogP contribution in [0.5, 0.6) is 0 Å². The summed E-state index contributed by atoms with van der Waals surface area (Å²) in [7, 11) is 3.47. The van der Waals surface area contributed by atoms with E-state index >= 15 is 0 Å². The number of rotatable bonds is 4. The summed E-state index contributed by atoms with van der Waals surface area (Å²) < 4.78 is 4.73. The number of anilines is 2. The molecule has 0 aliphatic carbocycles. The summed E-state index contributed by atoms with van der Waals surface area (Å²) in [4.78, 5) is 26.0. The molecule has 1 aromatic heterocycles. The lowest BCUT2D eigenvalue weighted by Crippen LogP contribution is -2.44. The number of piperazine rings is 1. The zero-order chi connectivity index (χ0) is 23.1. The minimum Gasteiger partial charge on any atom is -0.509 e. The summed E-state index contributed by atoms with van der Waals surface area (Å²) in [6, 6.07) is 12.9. The molecule has 1 saturated heterocycles. The summed E-state index contributed by atoms with van der Waals surface area (Å²) in [5.41, 5.74) is 4.30. The van der Waals surface area contributed by atoms with Crippen LogP contribution in [0.15, 0.2) is 48.2 Å². The van der Waals surface area contributed by atoms with Crippen molar-refractivity contribution in [2.24, 2.45) is 0 Å². The number of carbonyl (C=O) groups excluding carboxylic acids is 1. The lowest BCUT2D eigenvalue weighted by molar-refractivity contribution is 0.0600. The van der Waals surface area contributed by atoms with Crippen molar-refractivity contribution in [3.8, 4) is 0 Å². The van der Waals surface area contributed by atoms with Crippen LogP contribution in [0.2, 0.25) is 0 Å². The fourth-order valence-corrected chi connectivity index (χ4v) is 4.32. The van der Waals surface area contributed by atoms with E-state index in [4.69, 9.17) is 10.1 Å². The zero-order valence-electron chi connectivity index (χ0n) is 18.6. The molecule has 1 fully saturated rings. The molecule has 9 nitrogen and oxygen atoms in total. The normalized spacial score (nSPS) is 17.3. The van der Waals surface area contributed by atoms with Crippen molar-refractivity contribution in [1.82, 2.24) is 14.9 Å². The van der Waals surface area contributed by atoms with E-state index in [-0.39, 0.29) is 18.1 Å². The van der Waals surface area contributed by atoms with Gasteiger partial charge in [0, 0.05) is 37.6 Å². The molecule has 3 heterocycles. The van der Waals surface area contributed by atoms with Gasteiger partial charge in [0.15, 0.2) is 0 Å². The van der Waals surface area contributed by atoms with E-state index < -0.39 is 5.97 Å². The molecule has 5 rings (SSSR count). The first kappa shape index (κ1) is 21.0. The van der Waals surface area contributed by atoms with Crippen LogP contribution in [0.3, 0.4) is 0 Å². The Hall–Kier alpha value is -3.85. The third-order valence-corrected chi connectivity index (χ3v) is 6.27. The van der Waals surface area contributed by atoms with Gasteiger partial charge in [-0.15, -0.1) is 0 Å². The highest BCUT2D eigenvalue weighted by molar-refractivity contribution is 6.30. The van der Waals surface area contributed by atoms with E-state index in [0.717, 1.165) is 42.9 Å². The van der Waals surface area contributed by atoms with Gasteiger partial charge in [0.25, 0.3) is 0 Å². The number of likely N-dealkylation sites (N-methyl/N-ethyl adjacent to an activating group) is 1. The number of aromatic amines is 1. The number of fused-ring (bicyclic) bond motifs is 1. The van der Waals surface area contributed by atoms with E-state index in [2.05, 4.69) is 38.9 Å². The molecular weight excluding hydrogens is 420 g/mol. The Labute approximate surface area is 191 Å². The Morgan fingerprint density at radius 3 is 2.48 bits per heavy atom. The summed E-state index contributed by atoms with van der Waals surface area (Å²) in [6.45, 7) is 4.17. The SMILES string of the molecule is COC(=O)c1ccc(N2CC(O)=C(c3nc4ccc(N5CCN(C)CC5)cc4[nH]3)C2=N)cc1. The molecular formula is C24H26N6O3. The summed E-state index contributed by atoms with van der Waals surface area (Å²) in [5.74, 6) is 0.279. The Morgan fingerprint density at radius 1 is 1.09 bits per heavy atom. The number of imidazole rings is 1. The predicted octanol–water partition coefficient (Wildman–Crippen LogP) is 2.87. The highest BCUT2D eigenvalue weighted by Gasteiger charge is 2.31. The van der Waals surface area contributed by atoms with Crippen molar-refractivity contribution < 1.29 is 14.6 Å². The molecule has 0 bridgehead atoms. The van der Waals surface area contributed by atoms with E-state index in [1.165, 1.54) is 7.11 Å². The van der Waals surface area contributed by atoms with Crippen LogP contribution in [0, 0.1) is 5.41 Å². The Bertz CT molecular complexity index is 1250. The molecule has 33 heavy (non-hydrogen) atoms. The number of aliphatic hydroxyl groups is 1. The first-order chi connectivity index (χ1) is 15.9. The van der Waals surface area contributed by atoms with Crippen LogP contribution < -0.4 is 9.80 Å². The van der Waals surface area contributed by atoms with Gasteiger partial charge in [-0.25, -0.2) is 9.78 Å². The number of aromatic nitrogens is 2. The maximum absolute atomic E-state index is 11.7. The first-order valence-corrected chi connectivity index (χ1v) is 10.8. The number of aliphatic hydroxyl groups excluding tert-OH is 1. The third-order valence-electron chi connectivity index (χ3n) is 6.27. The second kappa shape index (κ2) is 8.25. The molecule has 3 aromatic rings. The number of benzene rings is 2. The van der Waals surface area contributed by atoms with E-state index in [1.807, 2.05) is 6.07 Å². The van der Waals surface area contributed by atoms with Crippen molar-refractivity contribution in [1.29, 1.82) is 5.41 Å². The number of nitrogens with zero attached hydrogens (tertiary/aromatic N) is 4. The summed E-state index contributed by atoms with van der Waals surface area (Å²) >= 11 is 0. The third kappa shape index (κ3) is 3.80. The molecule has 2 aliphatic rings. The van der Waals surface area contributed by atoms with Crippen molar-refractivity contribution in [3.05, 3.63) is 59.6 Å². The van der Waals surface area contributed by atoms with Gasteiger partial charge in [0.2, 0.25) is 0 Å². The molecule has 0 amide bonds. The van der Waals surface area contributed by atoms with Crippen LogP contribution in [0.4, 0.5) is 11.4 Å². The molecule has 3 N–H and O–H groups in total. The van der Waals surface area contributed by atoms with Crippen LogP contribution in [0.25, 0.3) is 16.6 Å². The quantitative estimate of drug-likeness (QED) is 0.529. The Kier molecular flexibility index (Phi) is 5.26. The van der Waals surface area contributed by atoms with Crippen LogP contribution in [-0.4, -0.2) is 78.7 Å². The van der Waals surface area contributed by atoms with Crippen molar-refractivity contribution in [2.75, 3.05) is 56.7 Å². The Morgan fingerprint density at radius 2 is 1.79 bits per heavy atom. The highest BCUT2D eigenvalue weighted by atomic mass is 16.5. The molecule has 2 aliphatic heterocycles. The minimum atomic E-state index is -0.419. The van der Waals surface area contributed by atoms with E-state index in [0.29, 0.717) is 22.6 Å². The smallest absolute Gasteiger partial charge is 0.337 e.